The van der Waals surface area contributed by atoms with Gasteiger partial charge < -0.3 is 4.74 Å². The maximum Gasteiger partial charge on any atom is 0.240 e. The molecule has 7 nitrogen and oxygen atoms in total. The third-order valence-corrected chi connectivity index (χ3v) is 6.15. The summed E-state index contributed by atoms with van der Waals surface area (Å²) in [4.78, 5) is 39.7. The van der Waals surface area contributed by atoms with Crippen LogP contribution in [-0.2, 0) is 14.3 Å². The van der Waals surface area contributed by atoms with E-state index >= 15 is 0 Å². The number of rotatable bonds is 1. The van der Waals surface area contributed by atoms with Crippen LogP contribution in [0.2, 0.25) is 0 Å². The van der Waals surface area contributed by atoms with Gasteiger partial charge in [-0.15, -0.1) is 0 Å². The Labute approximate surface area is 149 Å². The lowest BCUT2D eigenvalue weighted by Crippen LogP contribution is -2.40. The molecule has 3 aliphatic rings. The Balaban J connectivity index is 1.70. The lowest BCUT2D eigenvalue weighted by Gasteiger charge is -2.27. The summed E-state index contributed by atoms with van der Waals surface area (Å²) in [6.07, 6.45) is 4.55. The normalized spacial score (nSPS) is 35.2. The van der Waals surface area contributed by atoms with Gasteiger partial charge >= 0.3 is 0 Å². The van der Waals surface area contributed by atoms with Crippen LogP contribution < -0.4 is 4.90 Å². The molecule has 1 aromatic heterocycles. The number of carbonyl (C=O) groups excluding carboxylic acids is 2. The molecule has 1 aromatic carbocycles. The third-order valence-electron chi connectivity index (χ3n) is 6.15. The van der Waals surface area contributed by atoms with E-state index in [1.165, 1.54) is 17.3 Å². The van der Waals surface area contributed by atoms with Crippen LogP contribution in [0.15, 0.2) is 24.5 Å². The predicted molar refractivity (Wildman–Crippen MR) is 92.4 cm³/mol. The van der Waals surface area contributed by atoms with Crippen molar-refractivity contribution in [3.63, 3.8) is 0 Å². The second-order valence-corrected chi connectivity index (χ2v) is 7.66. The van der Waals surface area contributed by atoms with Crippen molar-refractivity contribution in [2.75, 3.05) is 4.90 Å². The zero-order chi connectivity index (χ0) is 18.3. The fraction of sp³-hybridized carbons (Fsp3) is 0.421. The Morgan fingerprint density at radius 1 is 1.08 bits per heavy atom. The Morgan fingerprint density at radius 3 is 2.23 bits per heavy atom. The van der Waals surface area contributed by atoms with Gasteiger partial charge in [-0.2, -0.15) is 0 Å². The Hall–Kier alpha value is -2.85. The minimum atomic E-state index is -0.598. The second-order valence-electron chi connectivity index (χ2n) is 7.66. The highest BCUT2D eigenvalue weighted by molar-refractivity contribution is 6.25. The summed E-state index contributed by atoms with van der Waals surface area (Å²) in [5.41, 5.74) is 0.341. The van der Waals surface area contributed by atoms with E-state index in [1.54, 1.807) is 12.1 Å². The lowest BCUT2D eigenvalue weighted by molar-refractivity contribution is -0.129. The molecule has 2 unspecified atom stereocenters. The minimum absolute atomic E-state index is 0.242. The number of nitrogens with zero attached hydrogens (tertiary/aromatic N) is 4. The summed E-state index contributed by atoms with van der Waals surface area (Å²) in [7, 11) is 0. The van der Waals surface area contributed by atoms with Crippen LogP contribution in [0.1, 0.15) is 26.7 Å². The highest BCUT2D eigenvalue weighted by Gasteiger charge is 2.72. The summed E-state index contributed by atoms with van der Waals surface area (Å²) in [6, 6.07) is 3.21. The van der Waals surface area contributed by atoms with E-state index in [4.69, 9.17) is 11.3 Å². The maximum absolute atomic E-state index is 13.2. The van der Waals surface area contributed by atoms with Gasteiger partial charge in [0.1, 0.15) is 5.52 Å². The zero-order valence-electron chi connectivity index (χ0n) is 14.4. The SMILES string of the molecule is [C-]#[N+]c1ccc(N2C(=O)[C@@H]3[C@H](C2=O)C2(C)CCC3(C)O2)c2nccnc12. The van der Waals surface area contributed by atoms with Crippen molar-refractivity contribution in [1.29, 1.82) is 0 Å². The van der Waals surface area contributed by atoms with Crippen LogP contribution >= 0.6 is 0 Å². The molecule has 130 valence electrons. The lowest BCUT2D eigenvalue weighted by atomic mass is 9.69. The monoisotopic (exact) mass is 348 g/mol. The molecule has 2 aromatic rings. The van der Waals surface area contributed by atoms with Crippen LogP contribution in [-0.4, -0.2) is 33.0 Å². The molecule has 0 N–H and O–H groups in total. The summed E-state index contributed by atoms with van der Waals surface area (Å²) >= 11 is 0. The van der Waals surface area contributed by atoms with E-state index in [0.29, 0.717) is 22.4 Å². The molecule has 2 bridgehead atoms. The summed E-state index contributed by atoms with van der Waals surface area (Å²) in [5.74, 6) is -1.43. The van der Waals surface area contributed by atoms with Crippen LogP contribution in [0.4, 0.5) is 11.4 Å². The first-order valence-electron chi connectivity index (χ1n) is 8.59. The van der Waals surface area contributed by atoms with Crippen molar-refractivity contribution in [1.82, 2.24) is 9.97 Å². The third kappa shape index (κ3) is 1.65. The molecule has 0 aliphatic carbocycles. The van der Waals surface area contributed by atoms with Gasteiger partial charge in [0.25, 0.3) is 0 Å². The molecule has 5 rings (SSSR count). The van der Waals surface area contributed by atoms with Crippen LogP contribution in [0.25, 0.3) is 15.9 Å². The first-order chi connectivity index (χ1) is 12.4. The molecular formula is C19H16N4O3. The first kappa shape index (κ1) is 15.4. The van der Waals surface area contributed by atoms with Crippen LogP contribution in [0, 0.1) is 18.4 Å². The largest absolute Gasteiger partial charge is 0.367 e. The number of hydrogen-bond donors (Lipinski definition) is 0. The number of amides is 2. The maximum atomic E-state index is 13.2. The summed E-state index contributed by atoms with van der Waals surface area (Å²) in [6.45, 7) is 11.1. The number of carbonyl (C=O) groups is 2. The van der Waals surface area contributed by atoms with Gasteiger partial charge in [-0.3, -0.25) is 19.6 Å². The van der Waals surface area contributed by atoms with E-state index in [0.717, 1.165) is 12.8 Å². The van der Waals surface area contributed by atoms with Gasteiger partial charge in [0.15, 0.2) is 0 Å². The van der Waals surface area contributed by atoms with Gasteiger partial charge in [-0.25, -0.2) is 9.74 Å². The number of imide groups is 1. The Kier molecular flexibility index (Phi) is 2.76. The van der Waals surface area contributed by atoms with Gasteiger partial charge in [-0.1, -0.05) is 6.07 Å². The fourth-order valence-electron chi connectivity index (χ4n) is 5.01. The molecule has 3 saturated heterocycles. The van der Waals surface area contributed by atoms with E-state index < -0.39 is 23.0 Å². The Morgan fingerprint density at radius 2 is 1.65 bits per heavy atom. The smallest absolute Gasteiger partial charge is 0.240 e. The quantitative estimate of drug-likeness (QED) is 0.585. The van der Waals surface area contributed by atoms with Crippen molar-refractivity contribution in [2.24, 2.45) is 11.8 Å². The highest BCUT2D eigenvalue weighted by Crippen LogP contribution is 2.61. The van der Waals surface area contributed by atoms with Gasteiger partial charge in [0.05, 0.1) is 40.8 Å². The number of anilines is 1. The van der Waals surface area contributed by atoms with Crippen molar-refractivity contribution >= 4 is 34.2 Å². The summed E-state index contributed by atoms with van der Waals surface area (Å²) < 4.78 is 6.13. The van der Waals surface area contributed by atoms with Crippen molar-refractivity contribution in [3.05, 3.63) is 35.9 Å². The van der Waals surface area contributed by atoms with Crippen LogP contribution in [0.5, 0.6) is 0 Å². The van der Waals surface area contributed by atoms with Crippen molar-refractivity contribution in [3.8, 4) is 0 Å². The van der Waals surface area contributed by atoms with Gasteiger partial charge in [0.2, 0.25) is 17.5 Å². The van der Waals surface area contributed by atoms with E-state index in [2.05, 4.69) is 14.8 Å². The zero-order valence-corrected chi connectivity index (χ0v) is 14.4. The molecule has 2 amide bonds. The fourth-order valence-corrected chi connectivity index (χ4v) is 5.01. The molecular weight excluding hydrogens is 332 g/mol. The minimum Gasteiger partial charge on any atom is -0.367 e. The molecule has 0 saturated carbocycles. The predicted octanol–water partition coefficient (Wildman–Crippen LogP) is 2.63. The summed E-state index contributed by atoms with van der Waals surface area (Å²) in [5, 5.41) is 0. The van der Waals surface area contributed by atoms with Gasteiger partial charge in [-0.05, 0) is 32.8 Å². The standard InChI is InChI=1S/C19H16N4O3/c1-18-6-7-19(2,26-18)13-12(18)16(24)23(17(13)25)11-5-4-10(20-3)14-15(11)22-9-8-21-14/h4-5,8-9,12-13H,6-7H2,1-2H3/t12-,13+,18?,19?. The number of fused-ring (bicyclic) bond motifs is 6. The van der Waals surface area contributed by atoms with E-state index in [9.17, 15) is 9.59 Å². The molecule has 3 fully saturated rings. The first-order valence-corrected chi connectivity index (χ1v) is 8.59. The topological polar surface area (TPSA) is 76.8 Å². The number of ether oxygens (including phenoxy) is 1. The molecule has 4 atom stereocenters. The van der Waals surface area contributed by atoms with Crippen molar-refractivity contribution < 1.29 is 14.3 Å². The van der Waals surface area contributed by atoms with Crippen molar-refractivity contribution in [2.45, 2.75) is 37.9 Å². The van der Waals surface area contributed by atoms with Crippen LogP contribution in [0.3, 0.4) is 0 Å². The molecule has 26 heavy (non-hydrogen) atoms. The molecule has 4 heterocycles. The molecule has 0 radical (unpaired) electrons. The average Bonchev–Trinajstić information content (AvgIpc) is 3.18. The highest BCUT2D eigenvalue weighted by atomic mass is 16.5. The number of benzene rings is 1. The second kappa shape index (κ2) is 4.65. The number of hydrogen-bond acceptors (Lipinski definition) is 5. The molecule has 0 spiro atoms. The average molecular weight is 348 g/mol. The van der Waals surface area contributed by atoms with E-state index in [1.807, 2.05) is 13.8 Å². The van der Waals surface area contributed by atoms with E-state index in [-0.39, 0.29) is 11.8 Å². The molecule has 3 aliphatic heterocycles. The number of aromatic nitrogens is 2. The van der Waals surface area contributed by atoms with Gasteiger partial charge in [0, 0.05) is 12.4 Å². The molecule has 7 heteroatoms. The Bertz CT molecular complexity index is 1010.